The van der Waals surface area contributed by atoms with E-state index in [2.05, 4.69) is 41.5 Å². The van der Waals surface area contributed by atoms with Crippen LogP contribution in [0.15, 0.2) is 0 Å². The lowest BCUT2D eigenvalue weighted by Crippen LogP contribution is -2.69. The van der Waals surface area contributed by atoms with Crippen molar-refractivity contribution in [3.05, 3.63) is 0 Å². The third-order valence-electron chi connectivity index (χ3n) is 14.7. The van der Waals surface area contributed by atoms with Gasteiger partial charge in [0, 0.05) is 48.9 Å². The van der Waals surface area contributed by atoms with E-state index in [4.69, 9.17) is 18.9 Å². The van der Waals surface area contributed by atoms with E-state index in [-0.39, 0.29) is 65.3 Å². The molecule has 48 heavy (non-hydrogen) atoms. The van der Waals surface area contributed by atoms with Crippen LogP contribution in [0.3, 0.4) is 0 Å². The van der Waals surface area contributed by atoms with Crippen molar-refractivity contribution in [2.24, 2.45) is 39.4 Å². The molecule has 1 saturated heterocycles. The van der Waals surface area contributed by atoms with E-state index < -0.39 is 46.4 Å². The molecular weight excluding hydrogens is 612 g/mol. The van der Waals surface area contributed by atoms with Crippen LogP contribution < -0.4 is 0 Å². The lowest BCUT2D eigenvalue weighted by atomic mass is 9.34. The van der Waals surface area contributed by atoms with Gasteiger partial charge in [0.05, 0.1) is 5.60 Å². The minimum atomic E-state index is -1.46. The van der Waals surface area contributed by atoms with E-state index in [1.807, 2.05) is 6.92 Å². The second-order valence-electron chi connectivity index (χ2n) is 17.8. The summed E-state index contributed by atoms with van der Waals surface area (Å²) >= 11 is 0. The van der Waals surface area contributed by atoms with Crippen molar-refractivity contribution in [1.82, 2.24) is 0 Å². The molecular formula is C39H62O9. The van der Waals surface area contributed by atoms with E-state index in [1.54, 1.807) is 27.7 Å². The third-order valence-corrected chi connectivity index (χ3v) is 14.7. The Hall–Kier alpha value is -2.00. The normalized spacial score (nSPS) is 41.4. The number of hydrogen-bond acceptors (Lipinski definition) is 9. The van der Waals surface area contributed by atoms with Gasteiger partial charge in [0.25, 0.3) is 0 Å². The number of epoxide rings is 1. The van der Waals surface area contributed by atoms with Crippen LogP contribution in [0.4, 0.5) is 0 Å². The minimum Gasteiger partial charge on any atom is -0.462 e. The molecule has 0 aromatic heterocycles. The number of aliphatic hydroxyl groups is 1. The predicted molar refractivity (Wildman–Crippen MR) is 180 cm³/mol. The first-order valence-corrected chi connectivity index (χ1v) is 18.7. The number of carbonyl (C=O) groups is 4. The number of Topliss-reactive ketones (excluding diaryl/α,β-unsaturated/α-hetero) is 1. The quantitative estimate of drug-likeness (QED) is 0.142. The summed E-state index contributed by atoms with van der Waals surface area (Å²) < 4.78 is 25.3. The Labute approximate surface area is 287 Å². The molecule has 0 unspecified atom stereocenters. The molecule has 4 saturated carbocycles. The Balaban J connectivity index is 1.54. The van der Waals surface area contributed by atoms with Crippen LogP contribution in [0.1, 0.15) is 147 Å². The van der Waals surface area contributed by atoms with Crippen molar-refractivity contribution < 1.29 is 43.2 Å². The summed E-state index contributed by atoms with van der Waals surface area (Å²) in [6, 6.07) is 0. The van der Waals surface area contributed by atoms with Gasteiger partial charge in [0.15, 0.2) is 6.10 Å². The summed E-state index contributed by atoms with van der Waals surface area (Å²) in [6.07, 6.45) is 4.16. The summed E-state index contributed by atoms with van der Waals surface area (Å²) in [7, 11) is 0. The van der Waals surface area contributed by atoms with Crippen LogP contribution in [-0.2, 0) is 38.1 Å². The summed E-state index contributed by atoms with van der Waals surface area (Å²) in [4.78, 5) is 51.6. The van der Waals surface area contributed by atoms with Crippen LogP contribution in [0, 0.1) is 39.4 Å². The molecule has 0 aromatic carbocycles. The van der Waals surface area contributed by atoms with E-state index in [0.717, 1.165) is 32.1 Å². The van der Waals surface area contributed by atoms with Crippen LogP contribution in [-0.4, -0.2) is 63.9 Å². The monoisotopic (exact) mass is 674 g/mol. The molecule has 0 amide bonds. The highest BCUT2D eigenvalue weighted by Crippen LogP contribution is 2.84. The number of rotatable bonds is 11. The van der Waals surface area contributed by atoms with Crippen molar-refractivity contribution in [3.63, 3.8) is 0 Å². The lowest BCUT2D eigenvalue weighted by molar-refractivity contribution is -0.248. The summed E-state index contributed by atoms with van der Waals surface area (Å²) in [5.74, 6) is -0.624. The van der Waals surface area contributed by atoms with E-state index in [0.29, 0.717) is 25.0 Å². The molecule has 1 N–H and O–H groups in total. The topological polar surface area (TPSA) is 129 Å². The molecule has 5 aliphatic rings. The van der Waals surface area contributed by atoms with Gasteiger partial charge in [-0.05, 0) is 75.0 Å². The van der Waals surface area contributed by atoms with Gasteiger partial charge in [-0.3, -0.25) is 19.2 Å². The molecule has 1 spiro atoms. The molecule has 1 heterocycles. The number of ketones is 1. The fraction of sp³-hybridized carbons (Fsp3) is 0.897. The first-order chi connectivity index (χ1) is 22.1. The standard InChI is InChI=1S/C39H62O9/c1-12-28(41)45-24(32(34(7,8)44)47-30(43)14-3)21-23(4)38-20-19-37(11)36(10)18-15-26-33(5,6)27(40)16-17-35(26,9)31(36)25(46-29(42)13-2)22-39(37,38)48-38/h23-26,31-32,44H,12-22H2,1-11H3/t23-,24+,25+,26+,31+,32-,35+,36+,37-,38-,39-/m1/s1. The maximum Gasteiger partial charge on any atom is 0.306 e. The second kappa shape index (κ2) is 12.1. The van der Waals surface area contributed by atoms with Crippen molar-refractivity contribution in [2.75, 3.05) is 0 Å². The van der Waals surface area contributed by atoms with Gasteiger partial charge in [-0.1, -0.05) is 62.3 Å². The highest BCUT2D eigenvalue weighted by Gasteiger charge is 2.89. The fourth-order valence-corrected chi connectivity index (χ4v) is 12.1. The summed E-state index contributed by atoms with van der Waals surface area (Å²) in [5, 5.41) is 11.2. The average molecular weight is 675 g/mol. The molecule has 5 rings (SSSR count). The SMILES string of the molecule is CCC(=O)O[C@@H](C[C@@H](C)[C@]12CC[C@@]3(C)[C@@]1(C[C@H](OC(=O)CC)[C@H]1[C@@]4(C)CCC(=O)C(C)(C)[C@@H]4CC[C@@]13C)O2)[C@@H](OC(=O)CC)C(C)(C)O. The molecule has 4 aliphatic carbocycles. The Morgan fingerprint density at radius 3 is 2.10 bits per heavy atom. The lowest BCUT2D eigenvalue weighted by Gasteiger charge is -2.69. The molecule has 9 heteroatoms. The minimum absolute atomic E-state index is 0.0730. The van der Waals surface area contributed by atoms with E-state index in [9.17, 15) is 24.3 Å². The number of esters is 3. The Morgan fingerprint density at radius 1 is 0.917 bits per heavy atom. The third kappa shape index (κ3) is 5.21. The second-order valence-corrected chi connectivity index (χ2v) is 17.8. The predicted octanol–water partition coefficient (Wildman–Crippen LogP) is 6.89. The summed E-state index contributed by atoms with van der Waals surface area (Å²) in [6.45, 7) is 21.9. The number of hydrogen-bond donors (Lipinski definition) is 1. The highest BCUT2D eigenvalue weighted by molar-refractivity contribution is 5.85. The molecule has 0 radical (unpaired) electrons. The fourth-order valence-electron chi connectivity index (χ4n) is 12.1. The molecule has 9 nitrogen and oxygen atoms in total. The zero-order valence-corrected chi connectivity index (χ0v) is 31.5. The van der Waals surface area contributed by atoms with Gasteiger partial charge in [-0.15, -0.1) is 0 Å². The molecule has 272 valence electrons. The van der Waals surface area contributed by atoms with Crippen LogP contribution in [0.25, 0.3) is 0 Å². The molecule has 11 atom stereocenters. The Bertz CT molecular complexity index is 1320. The van der Waals surface area contributed by atoms with E-state index >= 15 is 0 Å². The molecule has 5 fully saturated rings. The number of ether oxygens (including phenoxy) is 4. The summed E-state index contributed by atoms with van der Waals surface area (Å²) in [5.41, 5.74) is -3.63. The Kier molecular flexibility index (Phi) is 9.36. The largest absolute Gasteiger partial charge is 0.462 e. The average Bonchev–Trinajstić information content (AvgIpc) is 3.59. The van der Waals surface area contributed by atoms with Crippen molar-refractivity contribution in [2.45, 2.75) is 182 Å². The number of fused-ring (bicyclic) bond motifs is 4. The van der Waals surface area contributed by atoms with Gasteiger partial charge in [0.2, 0.25) is 0 Å². The zero-order chi connectivity index (χ0) is 35.9. The van der Waals surface area contributed by atoms with Gasteiger partial charge in [0.1, 0.15) is 29.2 Å². The van der Waals surface area contributed by atoms with Gasteiger partial charge in [-0.25, -0.2) is 0 Å². The smallest absolute Gasteiger partial charge is 0.306 e. The van der Waals surface area contributed by atoms with Crippen LogP contribution in [0.5, 0.6) is 0 Å². The Morgan fingerprint density at radius 2 is 1.52 bits per heavy atom. The first kappa shape index (κ1) is 37.3. The van der Waals surface area contributed by atoms with Crippen molar-refractivity contribution >= 4 is 23.7 Å². The molecule has 0 aromatic rings. The first-order valence-electron chi connectivity index (χ1n) is 18.7. The highest BCUT2D eigenvalue weighted by atomic mass is 16.6. The van der Waals surface area contributed by atoms with Gasteiger partial charge in [-0.2, -0.15) is 0 Å². The van der Waals surface area contributed by atoms with Crippen molar-refractivity contribution in [3.8, 4) is 0 Å². The van der Waals surface area contributed by atoms with E-state index in [1.165, 1.54) is 0 Å². The van der Waals surface area contributed by atoms with Gasteiger partial charge >= 0.3 is 17.9 Å². The number of carbonyl (C=O) groups excluding carboxylic acids is 4. The molecule has 0 bridgehead atoms. The maximum atomic E-state index is 13.3. The molecule has 1 aliphatic heterocycles. The maximum absolute atomic E-state index is 13.3. The van der Waals surface area contributed by atoms with Crippen molar-refractivity contribution in [1.29, 1.82) is 0 Å². The van der Waals surface area contributed by atoms with Crippen LogP contribution >= 0.6 is 0 Å². The van der Waals surface area contributed by atoms with Gasteiger partial charge < -0.3 is 24.1 Å². The van der Waals surface area contributed by atoms with Crippen LogP contribution in [0.2, 0.25) is 0 Å². The zero-order valence-electron chi connectivity index (χ0n) is 31.5.